The van der Waals surface area contributed by atoms with Crippen LogP contribution in [0.1, 0.15) is 40.2 Å². The van der Waals surface area contributed by atoms with Gasteiger partial charge in [-0.3, -0.25) is 14.3 Å². The van der Waals surface area contributed by atoms with Crippen LogP contribution in [0.2, 0.25) is 0 Å². The fourth-order valence-electron chi connectivity index (χ4n) is 4.22. The zero-order valence-electron chi connectivity index (χ0n) is 18.5. The van der Waals surface area contributed by atoms with Crippen molar-refractivity contribution in [2.75, 3.05) is 26.3 Å². The molecule has 0 unspecified atom stereocenters. The lowest BCUT2D eigenvalue weighted by atomic mass is 10.0. The van der Waals surface area contributed by atoms with E-state index >= 15 is 0 Å². The minimum atomic E-state index is -0.180. The van der Waals surface area contributed by atoms with Crippen molar-refractivity contribution >= 4 is 11.8 Å². The maximum absolute atomic E-state index is 13.2. The number of fused-ring (bicyclic) bond motifs is 1. The number of carbonyl (C=O) groups excluding carboxylic acids is 2. The second kappa shape index (κ2) is 9.01. The number of benzene rings is 1. The van der Waals surface area contributed by atoms with Gasteiger partial charge in [0, 0.05) is 44.4 Å². The summed E-state index contributed by atoms with van der Waals surface area (Å²) in [5.41, 5.74) is 1.89. The predicted molar refractivity (Wildman–Crippen MR) is 119 cm³/mol. The second-order valence-electron chi connectivity index (χ2n) is 8.29. The number of aryl methyl sites for hydroxylation is 1. The van der Waals surface area contributed by atoms with Crippen molar-refractivity contribution in [3.8, 4) is 22.8 Å². The molecule has 172 valence electrons. The topological polar surface area (TPSA) is 98.8 Å². The van der Waals surface area contributed by atoms with Crippen LogP contribution in [-0.2, 0) is 7.05 Å². The molecule has 0 bridgehead atoms. The molecule has 0 radical (unpaired) electrons. The van der Waals surface area contributed by atoms with Gasteiger partial charge >= 0.3 is 0 Å². The van der Waals surface area contributed by atoms with E-state index in [9.17, 15) is 9.59 Å². The van der Waals surface area contributed by atoms with Crippen LogP contribution in [-0.4, -0.2) is 58.8 Å². The van der Waals surface area contributed by atoms with E-state index in [4.69, 9.17) is 13.9 Å². The smallest absolute Gasteiger partial charge is 0.289 e. The number of likely N-dealkylation sites (tertiary alicyclic amines) is 1. The van der Waals surface area contributed by atoms with Crippen molar-refractivity contribution in [2.24, 2.45) is 7.05 Å². The molecule has 9 heteroatoms. The van der Waals surface area contributed by atoms with E-state index < -0.39 is 0 Å². The van der Waals surface area contributed by atoms with Crippen molar-refractivity contribution in [2.45, 2.75) is 25.3 Å². The van der Waals surface area contributed by atoms with Gasteiger partial charge in [-0.15, -0.1) is 0 Å². The molecule has 1 fully saturated rings. The number of carbonyl (C=O) groups is 2. The van der Waals surface area contributed by atoms with E-state index in [1.54, 1.807) is 35.0 Å². The van der Waals surface area contributed by atoms with Gasteiger partial charge < -0.3 is 24.1 Å². The molecule has 4 heterocycles. The molecular weight excluding hydrogens is 424 g/mol. The number of ether oxygens (including phenoxy) is 2. The van der Waals surface area contributed by atoms with E-state index in [0.717, 1.165) is 12.0 Å². The molecular formula is C24H26N4O5. The number of amides is 2. The lowest BCUT2D eigenvalue weighted by molar-refractivity contribution is 0.0667. The number of nitrogens with one attached hydrogen (secondary N) is 1. The predicted octanol–water partition coefficient (Wildman–Crippen LogP) is 2.88. The van der Waals surface area contributed by atoms with Crippen molar-refractivity contribution in [1.29, 1.82) is 0 Å². The van der Waals surface area contributed by atoms with Gasteiger partial charge in [0.25, 0.3) is 11.8 Å². The first-order chi connectivity index (χ1) is 16.1. The molecule has 0 spiro atoms. The molecule has 0 aliphatic carbocycles. The van der Waals surface area contributed by atoms with Crippen LogP contribution < -0.4 is 14.8 Å². The van der Waals surface area contributed by atoms with Crippen LogP contribution in [0.5, 0.6) is 11.5 Å². The molecule has 2 aromatic heterocycles. The van der Waals surface area contributed by atoms with Crippen LogP contribution in [0.25, 0.3) is 11.3 Å². The van der Waals surface area contributed by atoms with Gasteiger partial charge in [-0.1, -0.05) is 0 Å². The monoisotopic (exact) mass is 450 g/mol. The van der Waals surface area contributed by atoms with Crippen LogP contribution >= 0.6 is 0 Å². The molecule has 1 aromatic carbocycles. The Morgan fingerprint density at radius 1 is 1.09 bits per heavy atom. The third-order valence-electron chi connectivity index (χ3n) is 5.94. The van der Waals surface area contributed by atoms with Crippen molar-refractivity contribution in [3.63, 3.8) is 0 Å². The zero-order chi connectivity index (χ0) is 22.8. The maximum atomic E-state index is 13.2. The Labute approximate surface area is 191 Å². The molecule has 9 nitrogen and oxygen atoms in total. The number of piperidine rings is 1. The Kier molecular flexibility index (Phi) is 5.77. The van der Waals surface area contributed by atoms with Gasteiger partial charge in [0.05, 0.1) is 25.0 Å². The van der Waals surface area contributed by atoms with Crippen molar-refractivity contribution < 1.29 is 23.5 Å². The molecule has 2 aliphatic rings. The molecule has 0 atom stereocenters. The van der Waals surface area contributed by atoms with Gasteiger partial charge in [0.15, 0.2) is 17.3 Å². The van der Waals surface area contributed by atoms with E-state index in [2.05, 4.69) is 10.4 Å². The summed E-state index contributed by atoms with van der Waals surface area (Å²) in [4.78, 5) is 27.4. The fraction of sp³-hybridized carbons (Fsp3) is 0.375. The second-order valence-corrected chi connectivity index (χ2v) is 8.29. The van der Waals surface area contributed by atoms with Crippen LogP contribution in [0, 0.1) is 0 Å². The third kappa shape index (κ3) is 4.44. The van der Waals surface area contributed by atoms with E-state index in [1.807, 2.05) is 18.2 Å². The molecule has 1 saturated heterocycles. The maximum Gasteiger partial charge on any atom is 0.289 e. The number of aromatic nitrogens is 2. The number of hydrogen-bond donors (Lipinski definition) is 1. The Balaban J connectivity index is 1.27. The summed E-state index contributed by atoms with van der Waals surface area (Å²) >= 11 is 0. The highest BCUT2D eigenvalue weighted by Gasteiger charge is 2.27. The average Bonchev–Trinajstić information content (AvgIpc) is 3.44. The average molecular weight is 450 g/mol. The van der Waals surface area contributed by atoms with Crippen LogP contribution in [0.4, 0.5) is 0 Å². The summed E-state index contributed by atoms with van der Waals surface area (Å²) in [6.45, 7) is 2.34. The van der Waals surface area contributed by atoms with E-state index in [1.165, 1.54) is 6.26 Å². The number of nitrogens with zero attached hydrogens (tertiary/aromatic N) is 3. The quantitative estimate of drug-likeness (QED) is 0.656. The Morgan fingerprint density at radius 2 is 1.88 bits per heavy atom. The molecule has 0 saturated carbocycles. The molecule has 2 amide bonds. The van der Waals surface area contributed by atoms with Gasteiger partial charge in [-0.05, 0) is 43.2 Å². The van der Waals surface area contributed by atoms with Crippen molar-refractivity contribution in [3.05, 3.63) is 54.1 Å². The highest BCUT2D eigenvalue weighted by molar-refractivity contribution is 6.00. The normalized spacial score (nSPS) is 16.3. The number of furan rings is 1. The summed E-state index contributed by atoms with van der Waals surface area (Å²) in [5.74, 6) is 1.41. The Bertz CT molecular complexity index is 1150. The van der Waals surface area contributed by atoms with Gasteiger partial charge in [-0.25, -0.2) is 0 Å². The number of hydrogen-bond acceptors (Lipinski definition) is 6. The molecule has 5 rings (SSSR count). The Morgan fingerprint density at radius 3 is 2.64 bits per heavy atom. The summed E-state index contributed by atoms with van der Waals surface area (Å²) in [5, 5.41) is 7.64. The van der Waals surface area contributed by atoms with Crippen LogP contribution in [0.15, 0.2) is 47.2 Å². The first-order valence-corrected chi connectivity index (χ1v) is 11.2. The lowest BCUT2D eigenvalue weighted by Gasteiger charge is -2.31. The zero-order valence-corrected chi connectivity index (χ0v) is 18.5. The first kappa shape index (κ1) is 21.1. The summed E-state index contributed by atoms with van der Waals surface area (Å²) in [7, 11) is 1.79. The summed E-state index contributed by atoms with van der Waals surface area (Å²) < 4.78 is 18.4. The SMILES string of the molecule is Cn1cc(C(=O)NC2CCN(C(=O)c3ccco3)CC2)c(-c2ccc3c(c2)OCCCO3)n1. The van der Waals surface area contributed by atoms with Gasteiger partial charge in [0.1, 0.15) is 5.69 Å². The number of rotatable bonds is 4. The molecule has 1 N–H and O–H groups in total. The lowest BCUT2D eigenvalue weighted by Crippen LogP contribution is -2.46. The standard InChI is InChI=1S/C24H26N4O5/c1-27-15-18(22(26-27)16-5-6-19-21(14-16)33-13-3-12-31-19)23(29)25-17-7-9-28(10-8-17)24(30)20-4-2-11-32-20/h2,4-6,11,14-15,17H,3,7-10,12-13H2,1H3,(H,25,29). The molecule has 33 heavy (non-hydrogen) atoms. The van der Waals surface area contributed by atoms with E-state index in [-0.39, 0.29) is 17.9 Å². The van der Waals surface area contributed by atoms with Crippen molar-refractivity contribution in [1.82, 2.24) is 20.0 Å². The highest BCUT2D eigenvalue weighted by Crippen LogP contribution is 2.34. The third-order valence-corrected chi connectivity index (χ3v) is 5.94. The van der Waals surface area contributed by atoms with E-state index in [0.29, 0.717) is 67.7 Å². The summed E-state index contributed by atoms with van der Waals surface area (Å²) in [6.07, 6.45) is 5.40. The Hall–Kier alpha value is -3.75. The highest BCUT2D eigenvalue weighted by atomic mass is 16.5. The van der Waals surface area contributed by atoms with Gasteiger partial charge in [-0.2, -0.15) is 5.10 Å². The molecule has 2 aliphatic heterocycles. The first-order valence-electron chi connectivity index (χ1n) is 11.2. The van der Waals surface area contributed by atoms with Crippen LogP contribution in [0.3, 0.4) is 0 Å². The minimum Gasteiger partial charge on any atom is -0.490 e. The van der Waals surface area contributed by atoms with Gasteiger partial charge in [0.2, 0.25) is 0 Å². The summed E-state index contributed by atoms with van der Waals surface area (Å²) in [6, 6.07) is 8.98. The molecule has 3 aromatic rings. The minimum absolute atomic E-state index is 0.0185. The fourth-order valence-corrected chi connectivity index (χ4v) is 4.22. The largest absolute Gasteiger partial charge is 0.490 e.